The maximum Gasteiger partial charge on any atom is 0.404 e. The Labute approximate surface area is 273 Å². The molecule has 0 bridgehead atoms. The van der Waals surface area contributed by atoms with E-state index in [1.54, 1.807) is 0 Å². The predicted molar refractivity (Wildman–Crippen MR) is 184 cm³/mol. The van der Waals surface area contributed by atoms with Crippen LogP contribution < -0.4 is 16.2 Å². The van der Waals surface area contributed by atoms with Gasteiger partial charge >= 0.3 is 6.09 Å². The van der Waals surface area contributed by atoms with Gasteiger partial charge in [0.15, 0.2) is 0 Å². The van der Waals surface area contributed by atoms with Crippen LogP contribution in [-0.2, 0) is 22.5 Å². The highest BCUT2D eigenvalue weighted by molar-refractivity contribution is 6.32. The van der Waals surface area contributed by atoms with Crippen molar-refractivity contribution in [3.63, 3.8) is 0 Å². The molecule has 0 saturated heterocycles. The van der Waals surface area contributed by atoms with E-state index in [1.807, 2.05) is 19.9 Å². The second-order valence-electron chi connectivity index (χ2n) is 12.1. The van der Waals surface area contributed by atoms with Gasteiger partial charge in [-0.2, -0.15) is 0 Å². The third-order valence-corrected chi connectivity index (χ3v) is 8.69. The van der Waals surface area contributed by atoms with Crippen molar-refractivity contribution in [1.29, 1.82) is 0 Å². The topological polar surface area (TPSA) is 96.8 Å². The standard InChI is InChI=1S/C38H47ClN2O4/c1-25-19-28(4)37(35(39)20-25)44-18-17-43-24-30-12-10-29(11-13-30)22-33(23-40)34-15-14-32(21-27(34)3)36-26(2)7-5-8-31(36)9-6-16-45-38(41)42/h5,8,10-15,19-21,26,33H,6-7,9,16-18,22-24,40H2,1-4H3,(H2,41,42). The van der Waals surface area contributed by atoms with Gasteiger partial charge in [-0.3, -0.25) is 0 Å². The number of carbonyl (C=O) groups excluding carboxylic acids is 1. The van der Waals surface area contributed by atoms with E-state index in [1.165, 1.54) is 33.4 Å². The number of rotatable bonds is 15. The predicted octanol–water partition coefficient (Wildman–Crippen LogP) is 8.37. The van der Waals surface area contributed by atoms with Gasteiger partial charge in [-0.15, -0.1) is 0 Å². The first kappa shape index (κ1) is 34.3. The van der Waals surface area contributed by atoms with Crippen LogP contribution >= 0.6 is 11.6 Å². The summed E-state index contributed by atoms with van der Waals surface area (Å²) in [6, 6.07) is 19.4. The third kappa shape index (κ3) is 9.70. The Hall–Kier alpha value is -3.58. The Morgan fingerprint density at radius 1 is 0.978 bits per heavy atom. The van der Waals surface area contributed by atoms with E-state index < -0.39 is 6.09 Å². The lowest BCUT2D eigenvalue weighted by atomic mass is 9.80. The molecule has 0 aliphatic heterocycles. The average molecular weight is 631 g/mol. The summed E-state index contributed by atoms with van der Waals surface area (Å²) < 4.78 is 16.7. The molecule has 0 spiro atoms. The second-order valence-corrected chi connectivity index (χ2v) is 12.5. The lowest BCUT2D eigenvalue weighted by molar-refractivity contribution is 0.0887. The normalized spacial score (nSPS) is 15.3. The molecule has 6 nitrogen and oxygen atoms in total. The summed E-state index contributed by atoms with van der Waals surface area (Å²) in [7, 11) is 0. The molecule has 0 fully saturated rings. The van der Waals surface area contributed by atoms with Crippen LogP contribution in [0.25, 0.3) is 5.57 Å². The molecule has 3 aromatic carbocycles. The van der Waals surface area contributed by atoms with Gasteiger partial charge in [0.1, 0.15) is 12.4 Å². The molecule has 45 heavy (non-hydrogen) atoms. The first-order chi connectivity index (χ1) is 21.7. The van der Waals surface area contributed by atoms with Gasteiger partial charge in [-0.25, -0.2) is 4.79 Å². The van der Waals surface area contributed by atoms with Gasteiger partial charge in [0.2, 0.25) is 0 Å². The van der Waals surface area contributed by atoms with Crippen molar-refractivity contribution in [3.05, 3.63) is 116 Å². The number of halogens is 1. The number of amides is 1. The fraction of sp³-hybridized carbons (Fsp3) is 0.395. The number of aryl methyl sites for hydroxylation is 3. The number of benzene rings is 3. The zero-order chi connectivity index (χ0) is 32.3. The number of hydrogen-bond acceptors (Lipinski definition) is 5. The highest BCUT2D eigenvalue weighted by Gasteiger charge is 2.20. The van der Waals surface area contributed by atoms with Crippen LogP contribution in [0.2, 0.25) is 5.02 Å². The minimum Gasteiger partial charge on any atom is -0.489 e. The molecular weight excluding hydrogens is 584 g/mol. The van der Waals surface area contributed by atoms with Crippen molar-refractivity contribution < 1.29 is 19.0 Å². The largest absolute Gasteiger partial charge is 0.489 e. The molecule has 2 unspecified atom stereocenters. The second kappa shape index (κ2) is 16.6. The lowest BCUT2D eigenvalue weighted by Crippen LogP contribution is -2.16. The van der Waals surface area contributed by atoms with E-state index in [4.69, 9.17) is 37.3 Å². The maximum absolute atomic E-state index is 10.9. The summed E-state index contributed by atoms with van der Waals surface area (Å²) in [5.41, 5.74) is 22.4. The van der Waals surface area contributed by atoms with Gasteiger partial charge in [-0.05, 0) is 115 Å². The highest BCUT2D eigenvalue weighted by Crippen LogP contribution is 2.37. The minimum atomic E-state index is -0.723. The smallest absolute Gasteiger partial charge is 0.404 e. The van der Waals surface area contributed by atoms with Crippen molar-refractivity contribution in [2.75, 3.05) is 26.4 Å². The van der Waals surface area contributed by atoms with E-state index in [2.05, 4.69) is 74.5 Å². The van der Waals surface area contributed by atoms with Crippen LogP contribution in [0.3, 0.4) is 0 Å². The third-order valence-electron chi connectivity index (χ3n) is 8.41. The summed E-state index contributed by atoms with van der Waals surface area (Å²) in [6.45, 7) is 10.8. The van der Waals surface area contributed by atoms with Gasteiger partial charge in [0.05, 0.1) is 24.8 Å². The van der Waals surface area contributed by atoms with Crippen LogP contribution in [-0.4, -0.2) is 32.5 Å². The maximum atomic E-state index is 10.9. The van der Waals surface area contributed by atoms with E-state index in [0.717, 1.165) is 48.1 Å². The monoisotopic (exact) mass is 630 g/mol. The molecular formula is C38H47ClN2O4. The zero-order valence-corrected chi connectivity index (χ0v) is 27.8. The lowest BCUT2D eigenvalue weighted by Gasteiger charge is -2.25. The molecule has 1 aliphatic carbocycles. The van der Waals surface area contributed by atoms with Crippen molar-refractivity contribution in [2.45, 2.75) is 65.9 Å². The molecule has 4 rings (SSSR count). The molecule has 240 valence electrons. The van der Waals surface area contributed by atoms with Crippen LogP contribution in [0.4, 0.5) is 4.79 Å². The summed E-state index contributed by atoms with van der Waals surface area (Å²) >= 11 is 6.34. The number of ether oxygens (including phenoxy) is 3. The van der Waals surface area contributed by atoms with Crippen LogP contribution in [0.5, 0.6) is 5.75 Å². The Morgan fingerprint density at radius 3 is 2.42 bits per heavy atom. The Kier molecular flexibility index (Phi) is 12.7. The van der Waals surface area contributed by atoms with Crippen molar-refractivity contribution >= 4 is 23.3 Å². The highest BCUT2D eigenvalue weighted by atomic mass is 35.5. The van der Waals surface area contributed by atoms with Crippen molar-refractivity contribution in [3.8, 4) is 5.75 Å². The first-order valence-corrected chi connectivity index (χ1v) is 16.2. The van der Waals surface area contributed by atoms with E-state index in [0.29, 0.717) is 43.9 Å². The van der Waals surface area contributed by atoms with Gasteiger partial charge in [0, 0.05) is 5.92 Å². The number of nitrogens with two attached hydrogens (primary N) is 2. The Bertz CT molecular complexity index is 1490. The van der Waals surface area contributed by atoms with Crippen LogP contribution in [0.15, 0.2) is 72.3 Å². The fourth-order valence-electron chi connectivity index (χ4n) is 6.22. The number of allylic oxidation sites excluding steroid dienone is 4. The molecule has 1 aliphatic rings. The molecule has 0 saturated carbocycles. The molecule has 2 atom stereocenters. The summed E-state index contributed by atoms with van der Waals surface area (Å²) in [5.74, 6) is 1.36. The van der Waals surface area contributed by atoms with Gasteiger partial charge in [0.25, 0.3) is 0 Å². The molecule has 7 heteroatoms. The van der Waals surface area contributed by atoms with E-state index >= 15 is 0 Å². The molecule has 4 N–H and O–H groups in total. The van der Waals surface area contributed by atoms with Crippen LogP contribution in [0, 0.1) is 26.7 Å². The molecule has 0 aromatic heterocycles. The van der Waals surface area contributed by atoms with Gasteiger partial charge in [-0.1, -0.05) is 79.2 Å². The molecule has 3 aromatic rings. The number of hydrogen-bond donors (Lipinski definition) is 2. The first-order valence-electron chi connectivity index (χ1n) is 15.8. The Morgan fingerprint density at radius 2 is 1.73 bits per heavy atom. The van der Waals surface area contributed by atoms with Crippen molar-refractivity contribution in [1.82, 2.24) is 0 Å². The minimum absolute atomic E-state index is 0.221. The summed E-state index contributed by atoms with van der Waals surface area (Å²) in [6.07, 6.45) is 7.20. The zero-order valence-electron chi connectivity index (χ0n) is 27.0. The SMILES string of the molecule is Cc1cc(C)c(OCCOCc2ccc(CC(CN)c3ccc(C4=C(CCCOC(N)=O)C=CCC4C)cc3C)cc2)c(Cl)c1. The quantitative estimate of drug-likeness (QED) is 0.164. The van der Waals surface area contributed by atoms with E-state index in [9.17, 15) is 4.79 Å². The van der Waals surface area contributed by atoms with Gasteiger partial charge < -0.3 is 25.7 Å². The number of primary amides is 1. The molecule has 0 heterocycles. The number of carbonyl (C=O) groups is 1. The van der Waals surface area contributed by atoms with Crippen molar-refractivity contribution in [2.24, 2.45) is 17.4 Å². The van der Waals surface area contributed by atoms with Crippen LogP contribution in [0.1, 0.15) is 71.0 Å². The summed E-state index contributed by atoms with van der Waals surface area (Å²) in [5, 5.41) is 0.633. The van der Waals surface area contributed by atoms with E-state index in [-0.39, 0.29) is 5.92 Å². The molecule has 0 radical (unpaired) electrons. The summed E-state index contributed by atoms with van der Waals surface area (Å²) in [4.78, 5) is 10.9. The fourth-order valence-corrected chi connectivity index (χ4v) is 6.59. The Balaban J connectivity index is 1.33. The molecule has 1 amide bonds. The average Bonchev–Trinajstić information content (AvgIpc) is 3.00.